The first-order valence-corrected chi connectivity index (χ1v) is 8.84. The van der Waals surface area contributed by atoms with Gasteiger partial charge in [0.25, 0.3) is 0 Å². The normalized spacial score (nSPS) is 17.9. The average Bonchev–Trinajstić information content (AvgIpc) is 2.57. The predicted molar refractivity (Wildman–Crippen MR) is 96.9 cm³/mol. The molecule has 1 fully saturated rings. The number of aliphatic hydroxyl groups excluding tert-OH is 1. The maximum absolute atomic E-state index is 11.4. The molecule has 1 aliphatic rings. The minimum Gasteiger partial charge on any atom is -0.387 e. The van der Waals surface area contributed by atoms with Crippen LogP contribution in [-0.4, -0.2) is 67.6 Å². The molecular weight excluding hydrogens is 302 g/mol. The third-order valence-corrected chi connectivity index (χ3v) is 4.87. The van der Waals surface area contributed by atoms with Crippen LogP contribution in [0, 0.1) is 12.8 Å². The largest absolute Gasteiger partial charge is 0.387 e. The van der Waals surface area contributed by atoms with E-state index in [1.54, 1.807) is 7.05 Å². The zero-order chi connectivity index (χ0) is 17.5. The van der Waals surface area contributed by atoms with E-state index in [4.69, 9.17) is 0 Å². The van der Waals surface area contributed by atoms with Gasteiger partial charge in [-0.15, -0.1) is 0 Å². The van der Waals surface area contributed by atoms with Gasteiger partial charge in [-0.2, -0.15) is 0 Å². The minimum absolute atomic E-state index is 0.0896. The van der Waals surface area contributed by atoms with E-state index in [2.05, 4.69) is 29.1 Å². The standard InChI is InChI=1S/C19H31N3O2/c1-15-4-6-17(7-5-15)18(23)13-21(3)12-16-8-10-22(11-9-16)14-19(24)20-2/h4-7,16,18,23H,8-14H2,1-3H3,(H,20,24). The molecule has 1 aromatic carbocycles. The lowest BCUT2D eigenvalue weighted by molar-refractivity contribution is -0.122. The van der Waals surface area contributed by atoms with Crippen molar-refractivity contribution in [1.82, 2.24) is 15.1 Å². The second-order valence-electron chi connectivity index (χ2n) is 7.04. The van der Waals surface area contributed by atoms with Crippen LogP contribution in [-0.2, 0) is 4.79 Å². The molecule has 1 amide bonds. The summed E-state index contributed by atoms with van der Waals surface area (Å²) in [6.07, 6.45) is 1.79. The molecule has 0 bridgehead atoms. The molecule has 1 aliphatic heterocycles. The quantitative estimate of drug-likeness (QED) is 0.792. The van der Waals surface area contributed by atoms with Crippen molar-refractivity contribution in [3.63, 3.8) is 0 Å². The molecule has 5 nitrogen and oxygen atoms in total. The summed E-state index contributed by atoms with van der Waals surface area (Å²) in [6, 6.07) is 8.09. The molecule has 2 rings (SSSR count). The van der Waals surface area contributed by atoms with E-state index < -0.39 is 6.10 Å². The van der Waals surface area contributed by atoms with Crippen LogP contribution in [0.5, 0.6) is 0 Å². The van der Waals surface area contributed by atoms with Crippen LogP contribution in [0.2, 0.25) is 0 Å². The van der Waals surface area contributed by atoms with E-state index in [1.165, 1.54) is 5.56 Å². The van der Waals surface area contributed by atoms with Gasteiger partial charge in [0, 0.05) is 20.1 Å². The lowest BCUT2D eigenvalue weighted by Gasteiger charge is -2.33. The topological polar surface area (TPSA) is 55.8 Å². The van der Waals surface area contributed by atoms with Crippen LogP contribution >= 0.6 is 0 Å². The number of benzene rings is 1. The molecule has 1 saturated heterocycles. The molecular formula is C19H31N3O2. The van der Waals surface area contributed by atoms with Crippen molar-refractivity contribution in [3.8, 4) is 0 Å². The van der Waals surface area contributed by atoms with Gasteiger partial charge in [0.05, 0.1) is 12.6 Å². The van der Waals surface area contributed by atoms with Gasteiger partial charge in [-0.3, -0.25) is 9.69 Å². The van der Waals surface area contributed by atoms with Gasteiger partial charge in [0.15, 0.2) is 0 Å². The number of rotatable bonds is 7. The molecule has 0 radical (unpaired) electrons. The van der Waals surface area contributed by atoms with Crippen molar-refractivity contribution in [2.24, 2.45) is 5.92 Å². The Morgan fingerprint density at radius 1 is 1.33 bits per heavy atom. The maximum atomic E-state index is 11.4. The molecule has 5 heteroatoms. The monoisotopic (exact) mass is 333 g/mol. The van der Waals surface area contributed by atoms with E-state index in [9.17, 15) is 9.90 Å². The molecule has 0 aromatic heterocycles. The number of aliphatic hydroxyl groups is 1. The van der Waals surface area contributed by atoms with Crippen LogP contribution < -0.4 is 5.32 Å². The molecule has 1 unspecified atom stereocenters. The van der Waals surface area contributed by atoms with Gasteiger partial charge in [0.1, 0.15) is 0 Å². The second kappa shape index (κ2) is 9.16. The van der Waals surface area contributed by atoms with Gasteiger partial charge in [-0.25, -0.2) is 0 Å². The third-order valence-electron chi connectivity index (χ3n) is 4.87. The number of likely N-dealkylation sites (tertiary alicyclic amines) is 1. The van der Waals surface area contributed by atoms with Crippen molar-refractivity contribution in [2.75, 3.05) is 46.8 Å². The molecule has 1 aromatic rings. The summed E-state index contributed by atoms with van der Waals surface area (Å²) >= 11 is 0. The van der Waals surface area contributed by atoms with Crippen LogP contribution in [0.1, 0.15) is 30.1 Å². The summed E-state index contributed by atoms with van der Waals surface area (Å²) < 4.78 is 0. The number of carbonyl (C=O) groups is 1. The summed E-state index contributed by atoms with van der Waals surface area (Å²) in [5.41, 5.74) is 2.19. The molecule has 134 valence electrons. The molecule has 2 N–H and O–H groups in total. The van der Waals surface area contributed by atoms with Gasteiger partial charge in [-0.05, 0) is 51.4 Å². The van der Waals surface area contributed by atoms with Crippen LogP contribution in [0.3, 0.4) is 0 Å². The van der Waals surface area contributed by atoms with Crippen LogP contribution in [0.25, 0.3) is 0 Å². The van der Waals surface area contributed by atoms with Gasteiger partial charge in [0.2, 0.25) is 5.91 Å². The number of nitrogens with one attached hydrogen (secondary N) is 1. The smallest absolute Gasteiger partial charge is 0.233 e. The van der Waals surface area contributed by atoms with Crippen LogP contribution in [0.15, 0.2) is 24.3 Å². The van der Waals surface area contributed by atoms with Gasteiger partial charge < -0.3 is 15.3 Å². The van der Waals surface area contributed by atoms with Crippen molar-refractivity contribution < 1.29 is 9.90 Å². The number of nitrogens with zero attached hydrogens (tertiary/aromatic N) is 2. The fourth-order valence-electron chi connectivity index (χ4n) is 3.31. The van der Waals surface area contributed by atoms with Crippen molar-refractivity contribution in [2.45, 2.75) is 25.9 Å². The van der Waals surface area contributed by atoms with E-state index in [-0.39, 0.29) is 5.91 Å². The number of hydrogen-bond acceptors (Lipinski definition) is 4. The van der Waals surface area contributed by atoms with Crippen molar-refractivity contribution >= 4 is 5.91 Å². The van der Waals surface area contributed by atoms with E-state index in [0.717, 1.165) is 38.0 Å². The predicted octanol–water partition coefficient (Wildman–Crippen LogP) is 1.42. The number of carbonyl (C=O) groups excluding carboxylic acids is 1. The highest BCUT2D eigenvalue weighted by Gasteiger charge is 2.22. The number of aryl methyl sites for hydroxylation is 1. The number of likely N-dealkylation sites (N-methyl/N-ethyl adjacent to an activating group) is 2. The Morgan fingerprint density at radius 2 is 1.96 bits per heavy atom. The van der Waals surface area contributed by atoms with E-state index in [1.807, 2.05) is 24.3 Å². The van der Waals surface area contributed by atoms with E-state index >= 15 is 0 Å². The minimum atomic E-state index is -0.441. The zero-order valence-electron chi connectivity index (χ0n) is 15.2. The highest BCUT2D eigenvalue weighted by atomic mass is 16.3. The Bertz CT molecular complexity index is 510. The molecule has 1 heterocycles. The Kier molecular flexibility index (Phi) is 7.21. The van der Waals surface area contributed by atoms with Crippen molar-refractivity contribution in [1.29, 1.82) is 0 Å². The highest BCUT2D eigenvalue weighted by molar-refractivity contribution is 5.77. The zero-order valence-corrected chi connectivity index (χ0v) is 15.2. The Balaban J connectivity index is 1.72. The molecule has 0 aliphatic carbocycles. The summed E-state index contributed by atoms with van der Waals surface area (Å²) in [5.74, 6) is 0.730. The summed E-state index contributed by atoms with van der Waals surface area (Å²) in [5, 5.41) is 13.1. The Hall–Kier alpha value is -1.43. The summed E-state index contributed by atoms with van der Waals surface area (Å²) in [7, 11) is 3.76. The lowest BCUT2D eigenvalue weighted by Crippen LogP contribution is -2.42. The van der Waals surface area contributed by atoms with Crippen LogP contribution in [0.4, 0.5) is 0 Å². The lowest BCUT2D eigenvalue weighted by atomic mass is 9.96. The second-order valence-corrected chi connectivity index (χ2v) is 7.04. The fraction of sp³-hybridized carbons (Fsp3) is 0.632. The number of hydrogen-bond donors (Lipinski definition) is 2. The van der Waals surface area contributed by atoms with E-state index in [0.29, 0.717) is 19.0 Å². The first-order valence-electron chi connectivity index (χ1n) is 8.84. The summed E-state index contributed by atoms with van der Waals surface area (Å²) in [4.78, 5) is 15.9. The Labute approximate surface area is 145 Å². The molecule has 0 spiro atoms. The summed E-state index contributed by atoms with van der Waals surface area (Å²) in [6.45, 7) is 6.17. The maximum Gasteiger partial charge on any atom is 0.233 e. The van der Waals surface area contributed by atoms with Gasteiger partial charge in [-0.1, -0.05) is 29.8 Å². The number of amides is 1. The first kappa shape index (κ1) is 18.9. The highest BCUT2D eigenvalue weighted by Crippen LogP contribution is 2.20. The third kappa shape index (κ3) is 5.89. The van der Waals surface area contributed by atoms with Crippen molar-refractivity contribution in [3.05, 3.63) is 35.4 Å². The van der Waals surface area contributed by atoms with Gasteiger partial charge >= 0.3 is 0 Å². The Morgan fingerprint density at radius 3 is 2.54 bits per heavy atom. The number of piperidine rings is 1. The molecule has 24 heavy (non-hydrogen) atoms. The SMILES string of the molecule is CNC(=O)CN1CCC(CN(C)CC(O)c2ccc(C)cc2)CC1. The average molecular weight is 333 g/mol. The molecule has 0 saturated carbocycles. The molecule has 1 atom stereocenters. The fourth-order valence-corrected chi connectivity index (χ4v) is 3.31. The first-order chi connectivity index (χ1) is 11.5.